The Bertz CT molecular complexity index is 977. The van der Waals surface area contributed by atoms with Crippen LogP contribution in [0.15, 0.2) is 47.4 Å². The number of carbonyl (C=O) groups is 1. The van der Waals surface area contributed by atoms with E-state index in [1.165, 1.54) is 4.90 Å². The molecule has 0 bridgehead atoms. The first-order chi connectivity index (χ1) is 12.1. The van der Waals surface area contributed by atoms with Crippen molar-refractivity contribution < 1.29 is 22.7 Å². The van der Waals surface area contributed by atoms with E-state index in [1.807, 2.05) is 19.1 Å². The van der Waals surface area contributed by atoms with Gasteiger partial charge >= 0.3 is 0 Å². The molecule has 0 unspecified atom stereocenters. The smallest absolute Gasteiger partial charge is 0.256 e. The SMILES string of the molecule is Cc1ccccc1[C@@]1(O)CCN(C(=O)c2cc(S(N)(=O)=O)ccc2F)C1. The summed E-state index contributed by atoms with van der Waals surface area (Å²) in [5.41, 5.74) is 0.000924. The highest BCUT2D eigenvalue weighted by Gasteiger charge is 2.41. The molecule has 138 valence electrons. The van der Waals surface area contributed by atoms with Gasteiger partial charge in [0.15, 0.2) is 0 Å². The number of rotatable bonds is 3. The van der Waals surface area contributed by atoms with E-state index in [1.54, 1.807) is 12.1 Å². The number of hydrogen-bond donors (Lipinski definition) is 2. The molecule has 1 aliphatic heterocycles. The van der Waals surface area contributed by atoms with Gasteiger partial charge in [-0.15, -0.1) is 0 Å². The number of primary sulfonamides is 1. The number of aliphatic hydroxyl groups is 1. The Kier molecular flexibility index (Phi) is 4.60. The molecule has 1 heterocycles. The molecule has 1 saturated heterocycles. The molecule has 0 aromatic heterocycles. The molecule has 1 atom stereocenters. The van der Waals surface area contributed by atoms with Crippen molar-refractivity contribution >= 4 is 15.9 Å². The second-order valence-corrected chi connectivity index (χ2v) is 8.07. The predicted molar refractivity (Wildman–Crippen MR) is 93.4 cm³/mol. The zero-order chi connectivity index (χ0) is 19.1. The van der Waals surface area contributed by atoms with Gasteiger partial charge in [-0.2, -0.15) is 0 Å². The van der Waals surface area contributed by atoms with Crippen molar-refractivity contribution in [1.29, 1.82) is 0 Å². The summed E-state index contributed by atoms with van der Waals surface area (Å²) in [6.07, 6.45) is 0.306. The number of benzene rings is 2. The number of aryl methyl sites for hydroxylation is 1. The fourth-order valence-electron chi connectivity index (χ4n) is 3.30. The van der Waals surface area contributed by atoms with E-state index >= 15 is 0 Å². The van der Waals surface area contributed by atoms with Gasteiger partial charge in [-0.25, -0.2) is 17.9 Å². The molecule has 0 spiro atoms. The average Bonchev–Trinajstić information content (AvgIpc) is 2.97. The first-order valence-corrected chi connectivity index (χ1v) is 9.56. The van der Waals surface area contributed by atoms with E-state index in [2.05, 4.69) is 0 Å². The Balaban J connectivity index is 1.90. The molecule has 1 amide bonds. The first-order valence-electron chi connectivity index (χ1n) is 8.02. The van der Waals surface area contributed by atoms with Crippen molar-refractivity contribution in [3.8, 4) is 0 Å². The van der Waals surface area contributed by atoms with Gasteiger partial charge in [-0.3, -0.25) is 4.79 Å². The van der Waals surface area contributed by atoms with Gasteiger partial charge in [-0.05, 0) is 42.7 Å². The van der Waals surface area contributed by atoms with E-state index in [-0.39, 0.29) is 23.5 Å². The van der Waals surface area contributed by atoms with Gasteiger partial charge < -0.3 is 10.0 Å². The second kappa shape index (κ2) is 6.46. The van der Waals surface area contributed by atoms with Crippen LogP contribution in [0.2, 0.25) is 0 Å². The number of amides is 1. The minimum absolute atomic E-state index is 0.00424. The molecule has 2 aromatic carbocycles. The third-order valence-corrected chi connectivity index (χ3v) is 5.59. The monoisotopic (exact) mass is 378 g/mol. The summed E-state index contributed by atoms with van der Waals surface area (Å²) < 4.78 is 37.0. The molecule has 8 heteroatoms. The van der Waals surface area contributed by atoms with E-state index in [4.69, 9.17) is 5.14 Å². The topological polar surface area (TPSA) is 101 Å². The van der Waals surface area contributed by atoms with Gasteiger partial charge in [0.2, 0.25) is 10.0 Å². The molecule has 3 rings (SSSR count). The van der Waals surface area contributed by atoms with Crippen molar-refractivity contribution in [2.75, 3.05) is 13.1 Å². The third kappa shape index (κ3) is 3.35. The molecular formula is C18H19FN2O4S. The summed E-state index contributed by atoms with van der Waals surface area (Å²) in [6.45, 7) is 2.09. The van der Waals surface area contributed by atoms with E-state index in [9.17, 15) is 22.7 Å². The van der Waals surface area contributed by atoms with Gasteiger partial charge in [0.25, 0.3) is 5.91 Å². The Labute approximate surface area is 151 Å². The van der Waals surface area contributed by atoms with Crippen molar-refractivity contribution in [2.24, 2.45) is 5.14 Å². The summed E-state index contributed by atoms with van der Waals surface area (Å²) in [6, 6.07) is 10.2. The molecule has 1 fully saturated rings. The minimum atomic E-state index is -4.06. The number of nitrogens with two attached hydrogens (primary N) is 1. The van der Waals surface area contributed by atoms with Crippen molar-refractivity contribution in [2.45, 2.75) is 23.8 Å². The molecular weight excluding hydrogens is 359 g/mol. The van der Waals surface area contributed by atoms with E-state index in [0.717, 1.165) is 23.8 Å². The molecule has 6 nitrogen and oxygen atoms in total. The van der Waals surface area contributed by atoms with Crippen LogP contribution in [-0.2, 0) is 15.6 Å². The third-order valence-electron chi connectivity index (χ3n) is 4.68. The molecule has 0 radical (unpaired) electrons. The number of β-amino-alcohol motifs (C(OH)–C–C–N with tert-alkyl or cyclic N) is 1. The van der Waals surface area contributed by atoms with E-state index < -0.39 is 27.3 Å². The van der Waals surface area contributed by atoms with Gasteiger partial charge in [0, 0.05) is 6.54 Å². The van der Waals surface area contributed by atoms with Crippen molar-refractivity contribution in [3.05, 3.63) is 65.0 Å². The van der Waals surface area contributed by atoms with Crippen molar-refractivity contribution in [3.63, 3.8) is 0 Å². The maximum absolute atomic E-state index is 14.1. The standard InChI is InChI=1S/C18H19FN2O4S/c1-12-4-2-3-5-15(12)18(23)8-9-21(11-18)17(22)14-10-13(26(20,24)25)6-7-16(14)19/h2-7,10,23H,8-9,11H2,1H3,(H2,20,24,25)/t18-/m1/s1. The Morgan fingerprint density at radius 2 is 1.96 bits per heavy atom. The number of likely N-dealkylation sites (tertiary alicyclic amines) is 1. The lowest BCUT2D eigenvalue weighted by molar-refractivity contribution is 0.0411. The summed E-state index contributed by atoms with van der Waals surface area (Å²) >= 11 is 0. The van der Waals surface area contributed by atoms with Crippen molar-refractivity contribution in [1.82, 2.24) is 4.90 Å². The first kappa shape index (κ1) is 18.5. The lowest BCUT2D eigenvalue weighted by Crippen LogP contribution is -2.35. The highest BCUT2D eigenvalue weighted by atomic mass is 32.2. The highest BCUT2D eigenvalue weighted by molar-refractivity contribution is 7.89. The number of carbonyl (C=O) groups excluding carboxylic acids is 1. The van der Waals surface area contributed by atoms with Crippen LogP contribution < -0.4 is 5.14 Å². The molecule has 0 aliphatic carbocycles. The second-order valence-electron chi connectivity index (χ2n) is 6.51. The molecule has 26 heavy (non-hydrogen) atoms. The molecule has 2 aromatic rings. The summed E-state index contributed by atoms with van der Waals surface area (Å²) in [4.78, 5) is 13.7. The Morgan fingerprint density at radius 1 is 1.27 bits per heavy atom. The maximum Gasteiger partial charge on any atom is 0.256 e. The van der Waals surface area contributed by atoms with E-state index in [0.29, 0.717) is 12.0 Å². The number of nitrogens with zero attached hydrogens (tertiary/aromatic N) is 1. The van der Waals surface area contributed by atoms with Crippen LogP contribution in [0, 0.1) is 12.7 Å². The maximum atomic E-state index is 14.1. The fraction of sp³-hybridized carbons (Fsp3) is 0.278. The number of sulfonamides is 1. The average molecular weight is 378 g/mol. The summed E-state index contributed by atoms with van der Waals surface area (Å²) in [5, 5.41) is 16.0. The number of hydrogen-bond acceptors (Lipinski definition) is 4. The van der Waals surface area contributed by atoms with Gasteiger partial charge in [0.05, 0.1) is 17.0 Å². The lowest BCUT2D eigenvalue weighted by Gasteiger charge is -2.25. The minimum Gasteiger partial charge on any atom is -0.383 e. The van der Waals surface area contributed by atoms with Crippen LogP contribution in [0.3, 0.4) is 0 Å². The zero-order valence-electron chi connectivity index (χ0n) is 14.1. The van der Waals surface area contributed by atoms with Crippen LogP contribution >= 0.6 is 0 Å². The van der Waals surface area contributed by atoms with Crippen LogP contribution in [0.5, 0.6) is 0 Å². The van der Waals surface area contributed by atoms with Crippen LogP contribution in [0.25, 0.3) is 0 Å². The zero-order valence-corrected chi connectivity index (χ0v) is 15.0. The quantitative estimate of drug-likeness (QED) is 0.845. The van der Waals surface area contributed by atoms with Crippen LogP contribution in [0.4, 0.5) is 4.39 Å². The highest BCUT2D eigenvalue weighted by Crippen LogP contribution is 2.34. The number of halogens is 1. The summed E-state index contributed by atoms with van der Waals surface area (Å²) in [5.74, 6) is -1.52. The van der Waals surface area contributed by atoms with Gasteiger partial charge in [-0.1, -0.05) is 24.3 Å². The Hall–Kier alpha value is -2.29. The van der Waals surface area contributed by atoms with Crippen LogP contribution in [-0.4, -0.2) is 37.4 Å². The largest absolute Gasteiger partial charge is 0.383 e. The van der Waals surface area contributed by atoms with Crippen LogP contribution in [0.1, 0.15) is 27.9 Å². The normalized spacial score (nSPS) is 20.4. The Morgan fingerprint density at radius 3 is 2.62 bits per heavy atom. The molecule has 1 aliphatic rings. The molecule has 0 saturated carbocycles. The fourth-order valence-corrected chi connectivity index (χ4v) is 3.84. The van der Waals surface area contributed by atoms with Gasteiger partial charge in [0.1, 0.15) is 11.4 Å². The molecule has 3 N–H and O–H groups in total. The summed E-state index contributed by atoms with van der Waals surface area (Å²) in [7, 11) is -4.06. The lowest BCUT2D eigenvalue weighted by atomic mass is 9.89. The predicted octanol–water partition coefficient (Wildman–Crippen LogP) is 1.52.